The number of halogens is 1. The van der Waals surface area contributed by atoms with Crippen molar-refractivity contribution in [3.05, 3.63) is 35.4 Å². The minimum absolute atomic E-state index is 0.584. The molecule has 0 aromatic carbocycles. The van der Waals surface area contributed by atoms with E-state index >= 15 is 0 Å². The van der Waals surface area contributed by atoms with Crippen LogP contribution >= 0.6 is 11.6 Å². The summed E-state index contributed by atoms with van der Waals surface area (Å²) in [5, 5.41) is 0.685. The van der Waals surface area contributed by atoms with Gasteiger partial charge in [-0.15, -0.1) is 0 Å². The summed E-state index contributed by atoms with van der Waals surface area (Å²) in [6, 6.07) is 0. The van der Waals surface area contributed by atoms with E-state index in [1.807, 2.05) is 12.2 Å². The molecule has 0 atom stereocenters. The summed E-state index contributed by atoms with van der Waals surface area (Å²) in [6.45, 7) is 9.95. The van der Waals surface area contributed by atoms with Gasteiger partial charge in [-0.3, -0.25) is 0 Å². The van der Waals surface area contributed by atoms with E-state index in [0.29, 0.717) is 11.0 Å². The van der Waals surface area contributed by atoms with E-state index in [2.05, 4.69) is 27.4 Å². The summed E-state index contributed by atoms with van der Waals surface area (Å²) >= 11 is 5.71. The fourth-order valence-electron chi connectivity index (χ4n) is 0.472. The lowest BCUT2D eigenvalue weighted by molar-refractivity contribution is 0.769. The second-order valence-corrected chi connectivity index (χ2v) is 3.26. The lowest BCUT2D eigenvalue weighted by Crippen LogP contribution is -1.86. The van der Waals surface area contributed by atoms with Gasteiger partial charge in [0, 0.05) is 5.03 Å². The Hall–Kier alpha value is -0.490. The Labute approximate surface area is 74.3 Å². The summed E-state index contributed by atoms with van der Waals surface area (Å²) < 4.78 is 0. The first kappa shape index (κ1) is 10.5. The van der Waals surface area contributed by atoms with Crippen molar-refractivity contribution in [3.8, 4) is 0 Å². The lowest BCUT2D eigenvalue weighted by atomic mass is 10.1. The van der Waals surface area contributed by atoms with Crippen LogP contribution in [0.2, 0.25) is 0 Å². The number of allylic oxidation sites excluding steroid dienone is 5. The van der Waals surface area contributed by atoms with Crippen molar-refractivity contribution in [2.24, 2.45) is 5.92 Å². The first-order valence-corrected chi connectivity index (χ1v) is 4.12. The molecule has 0 nitrogen and oxygen atoms in total. The first-order chi connectivity index (χ1) is 5.07. The van der Waals surface area contributed by atoms with Crippen LogP contribution in [0, 0.1) is 5.92 Å². The Morgan fingerprint density at radius 3 is 2.27 bits per heavy atom. The van der Waals surface area contributed by atoms with Crippen LogP contribution in [-0.4, -0.2) is 0 Å². The highest BCUT2D eigenvalue weighted by atomic mass is 35.5. The normalized spacial score (nSPS) is 13.9. The maximum absolute atomic E-state index is 5.71. The average molecular weight is 171 g/mol. The molecule has 0 N–H and O–H groups in total. The SMILES string of the molecule is C=C/C(Cl)=C\C=C(/C)C(C)C. The quantitative estimate of drug-likeness (QED) is 0.564. The third-order valence-corrected chi connectivity index (χ3v) is 1.89. The number of hydrogen-bond acceptors (Lipinski definition) is 0. The molecule has 1 heteroatoms. The van der Waals surface area contributed by atoms with Gasteiger partial charge in [-0.1, -0.05) is 49.8 Å². The monoisotopic (exact) mass is 170 g/mol. The highest BCUT2D eigenvalue weighted by molar-refractivity contribution is 6.31. The minimum atomic E-state index is 0.584. The number of hydrogen-bond donors (Lipinski definition) is 0. The molecule has 0 bridgehead atoms. The summed E-state index contributed by atoms with van der Waals surface area (Å²) in [5.41, 5.74) is 1.32. The van der Waals surface area contributed by atoms with Crippen molar-refractivity contribution in [2.75, 3.05) is 0 Å². The van der Waals surface area contributed by atoms with E-state index in [1.165, 1.54) is 5.57 Å². The third kappa shape index (κ3) is 4.86. The predicted octanol–water partition coefficient (Wildman–Crippen LogP) is 3.90. The summed E-state index contributed by atoms with van der Waals surface area (Å²) in [5.74, 6) is 0.584. The molecule has 0 heterocycles. The maximum atomic E-state index is 5.71. The van der Waals surface area contributed by atoms with Gasteiger partial charge in [0.1, 0.15) is 0 Å². The molecule has 0 aromatic rings. The van der Waals surface area contributed by atoms with E-state index in [1.54, 1.807) is 6.08 Å². The molecule has 0 unspecified atom stereocenters. The fourth-order valence-corrected chi connectivity index (χ4v) is 0.535. The fraction of sp³-hybridized carbons (Fsp3) is 0.400. The van der Waals surface area contributed by atoms with E-state index < -0.39 is 0 Å². The molecule has 0 amide bonds. The maximum Gasteiger partial charge on any atom is 0.0400 e. The van der Waals surface area contributed by atoms with E-state index in [9.17, 15) is 0 Å². The number of rotatable bonds is 3. The molecule has 0 spiro atoms. The Morgan fingerprint density at radius 1 is 1.36 bits per heavy atom. The molecule has 11 heavy (non-hydrogen) atoms. The second-order valence-electron chi connectivity index (χ2n) is 2.82. The van der Waals surface area contributed by atoms with Gasteiger partial charge in [-0.05, 0) is 18.9 Å². The third-order valence-electron chi connectivity index (χ3n) is 1.61. The summed E-state index contributed by atoms with van der Waals surface area (Å²) in [6.07, 6.45) is 5.52. The van der Waals surface area contributed by atoms with Gasteiger partial charge >= 0.3 is 0 Å². The molecular weight excluding hydrogens is 156 g/mol. The van der Waals surface area contributed by atoms with Gasteiger partial charge in [-0.25, -0.2) is 0 Å². The van der Waals surface area contributed by atoms with Gasteiger partial charge in [0.15, 0.2) is 0 Å². The topological polar surface area (TPSA) is 0 Å². The zero-order chi connectivity index (χ0) is 8.85. The van der Waals surface area contributed by atoms with Crippen LogP contribution in [0.3, 0.4) is 0 Å². The molecule has 0 radical (unpaired) electrons. The van der Waals surface area contributed by atoms with E-state index in [-0.39, 0.29) is 0 Å². The molecule has 62 valence electrons. The van der Waals surface area contributed by atoms with Crippen molar-refractivity contribution < 1.29 is 0 Å². The molecule has 0 saturated carbocycles. The van der Waals surface area contributed by atoms with Gasteiger partial charge in [0.2, 0.25) is 0 Å². The highest BCUT2D eigenvalue weighted by Crippen LogP contribution is 2.10. The Balaban J connectivity index is 4.22. The van der Waals surface area contributed by atoms with E-state index in [0.717, 1.165) is 0 Å². The minimum Gasteiger partial charge on any atom is -0.0976 e. The largest absolute Gasteiger partial charge is 0.0976 e. The molecular formula is C10H15Cl. The van der Waals surface area contributed by atoms with Gasteiger partial charge in [0.05, 0.1) is 0 Å². The lowest BCUT2D eigenvalue weighted by Gasteiger charge is -2.01. The van der Waals surface area contributed by atoms with Crippen LogP contribution in [0.5, 0.6) is 0 Å². The molecule has 0 aliphatic heterocycles. The molecule has 0 aliphatic carbocycles. The van der Waals surface area contributed by atoms with Gasteiger partial charge in [0.25, 0.3) is 0 Å². The Morgan fingerprint density at radius 2 is 1.91 bits per heavy atom. The molecule has 0 aromatic heterocycles. The standard InChI is InChI=1S/C10H15Cl/c1-5-10(11)7-6-9(4)8(2)3/h5-8H,1H2,2-4H3/b9-6+,10-7+. The average Bonchev–Trinajstić information content (AvgIpc) is 1.99. The smallest absolute Gasteiger partial charge is 0.0400 e. The molecule has 0 aliphatic rings. The zero-order valence-electron chi connectivity index (χ0n) is 7.39. The van der Waals surface area contributed by atoms with Crippen LogP contribution in [-0.2, 0) is 0 Å². The Bertz CT molecular complexity index is 185. The summed E-state index contributed by atoms with van der Waals surface area (Å²) in [7, 11) is 0. The van der Waals surface area contributed by atoms with E-state index in [4.69, 9.17) is 11.6 Å². The van der Waals surface area contributed by atoms with Crippen LogP contribution in [0.15, 0.2) is 35.4 Å². The van der Waals surface area contributed by atoms with Crippen LogP contribution < -0.4 is 0 Å². The van der Waals surface area contributed by atoms with Crippen LogP contribution in [0.25, 0.3) is 0 Å². The Kier molecular flexibility index (Phi) is 4.97. The molecule has 0 saturated heterocycles. The zero-order valence-corrected chi connectivity index (χ0v) is 8.15. The van der Waals surface area contributed by atoms with Crippen molar-refractivity contribution >= 4 is 11.6 Å². The van der Waals surface area contributed by atoms with Crippen molar-refractivity contribution in [1.82, 2.24) is 0 Å². The predicted molar refractivity (Wildman–Crippen MR) is 52.7 cm³/mol. The summed E-state index contributed by atoms with van der Waals surface area (Å²) in [4.78, 5) is 0. The second kappa shape index (κ2) is 5.20. The van der Waals surface area contributed by atoms with Crippen LogP contribution in [0.4, 0.5) is 0 Å². The van der Waals surface area contributed by atoms with Crippen molar-refractivity contribution in [1.29, 1.82) is 0 Å². The highest BCUT2D eigenvalue weighted by Gasteiger charge is 1.92. The van der Waals surface area contributed by atoms with Gasteiger partial charge < -0.3 is 0 Å². The van der Waals surface area contributed by atoms with Crippen molar-refractivity contribution in [2.45, 2.75) is 20.8 Å². The first-order valence-electron chi connectivity index (χ1n) is 3.74. The van der Waals surface area contributed by atoms with Crippen molar-refractivity contribution in [3.63, 3.8) is 0 Å². The molecule has 0 fully saturated rings. The van der Waals surface area contributed by atoms with Crippen LogP contribution in [0.1, 0.15) is 20.8 Å². The molecule has 0 rings (SSSR count). The van der Waals surface area contributed by atoms with Gasteiger partial charge in [-0.2, -0.15) is 0 Å².